The Hall–Kier alpha value is -1.59. The van der Waals surface area contributed by atoms with Gasteiger partial charge in [0.05, 0.1) is 11.4 Å². The molecule has 3 rings (SSSR count). The molecule has 2 aliphatic rings. The lowest BCUT2D eigenvalue weighted by atomic mass is 9.89. The number of likely N-dealkylation sites (tertiary alicyclic amines) is 1. The standard InChI is InChI=1S/C16H23N3O2.C2H6/c1-3-18-8-7-14-12(9-18)11-5-4-6-13(17-2)16(11)19(14)15(21)10-20;1-2/h4-6,10,12,14-15,17,21H,3,7-9H2,1-2H3;1-2H3. The van der Waals surface area contributed by atoms with Crippen LogP contribution in [0.1, 0.15) is 38.7 Å². The Labute approximate surface area is 139 Å². The number of aliphatic hydroxyl groups excluding tert-OH is 1. The number of nitrogens with zero attached hydrogens (tertiary/aromatic N) is 2. The van der Waals surface area contributed by atoms with E-state index in [1.807, 2.05) is 37.9 Å². The Morgan fingerprint density at radius 3 is 2.78 bits per heavy atom. The zero-order chi connectivity index (χ0) is 17.0. The molecule has 5 heteroatoms. The Bertz CT molecular complexity index is 535. The lowest BCUT2D eigenvalue weighted by Crippen LogP contribution is -2.50. The fourth-order valence-corrected chi connectivity index (χ4v) is 3.84. The van der Waals surface area contributed by atoms with Crippen LogP contribution in [-0.2, 0) is 4.79 Å². The summed E-state index contributed by atoms with van der Waals surface area (Å²) in [4.78, 5) is 15.5. The molecule has 0 saturated carbocycles. The minimum absolute atomic E-state index is 0.206. The van der Waals surface area contributed by atoms with E-state index >= 15 is 0 Å². The molecule has 1 aromatic rings. The van der Waals surface area contributed by atoms with E-state index in [4.69, 9.17) is 0 Å². The first kappa shape index (κ1) is 17.8. The molecule has 5 nitrogen and oxygen atoms in total. The van der Waals surface area contributed by atoms with Crippen molar-refractivity contribution >= 4 is 17.7 Å². The Morgan fingerprint density at radius 1 is 1.43 bits per heavy atom. The average Bonchev–Trinajstić information content (AvgIpc) is 2.96. The third kappa shape index (κ3) is 3.08. The number of aliphatic hydroxyl groups is 1. The molecule has 1 aromatic carbocycles. The van der Waals surface area contributed by atoms with Crippen LogP contribution < -0.4 is 10.2 Å². The second-order valence-corrected chi connectivity index (χ2v) is 5.81. The number of carbonyl (C=O) groups is 1. The third-order valence-corrected chi connectivity index (χ3v) is 4.87. The first-order valence-corrected chi connectivity index (χ1v) is 8.66. The highest BCUT2D eigenvalue weighted by atomic mass is 16.3. The maximum Gasteiger partial charge on any atom is 0.184 e. The molecule has 1 fully saturated rings. The minimum atomic E-state index is -1.07. The molecule has 0 aromatic heterocycles. The van der Waals surface area contributed by atoms with Gasteiger partial charge < -0.3 is 20.2 Å². The van der Waals surface area contributed by atoms with Gasteiger partial charge in [-0.2, -0.15) is 0 Å². The molecule has 3 atom stereocenters. The van der Waals surface area contributed by atoms with Gasteiger partial charge >= 0.3 is 0 Å². The molecule has 2 heterocycles. The molecular formula is C18H29N3O2. The van der Waals surface area contributed by atoms with Crippen LogP contribution in [0.2, 0.25) is 0 Å². The third-order valence-electron chi connectivity index (χ3n) is 4.87. The maximum atomic E-state index is 11.2. The zero-order valence-corrected chi connectivity index (χ0v) is 14.6. The van der Waals surface area contributed by atoms with E-state index in [1.54, 1.807) is 0 Å². The lowest BCUT2D eigenvalue weighted by molar-refractivity contribution is -0.115. The van der Waals surface area contributed by atoms with Crippen molar-refractivity contribution in [2.75, 3.05) is 36.9 Å². The Balaban J connectivity index is 0.000000924. The molecule has 2 N–H and O–H groups in total. The summed E-state index contributed by atoms with van der Waals surface area (Å²) in [6.45, 7) is 9.23. The maximum absolute atomic E-state index is 11.2. The van der Waals surface area contributed by atoms with E-state index in [2.05, 4.69) is 23.2 Å². The van der Waals surface area contributed by atoms with Gasteiger partial charge in [0.1, 0.15) is 0 Å². The van der Waals surface area contributed by atoms with Crippen LogP contribution in [0.5, 0.6) is 0 Å². The highest BCUT2D eigenvalue weighted by Gasteiger charge is 2.44. The average molecular weight is 319 g/mol. The second kappa shape index (κ2) is 7.79. The predicted molar refractivity (Wildman–Crippen MR) is 95.1 cm³/mol. The topological polar surface area (TPSA) is 55.8 Å². The molecule has 23 heavy (non-hydrogen) atoms. The first-order valence-electron chi connectivity index (χ1n) is 8.66. The number of carbonyl (C=O) groups excluding carboxylic acids is 1. The Kier molecular flexibility index (Phi) is 6.02. The van der Waals surface area contributed by atoms with Gasteiger partial charge in [0.25, 0.3) is 0 Å². The van der Waals surface area contributed by atoms with Gasteiger partial charge in [0, 0.05) is 32.1 Å². The van der Waals surface area contributed by atoms with Crippen molar-refractivity contribution in [2.45, 2.75) is 45.4 Å². The number of hydrogen-bond acceptors (Lipinski definition) is 5. The van der Waals surface area contributed by atoms with E-state index in [9.17, 15) is 9.90 Å². The van der Waals surface area contributed by atoms with Crippen LogP contribution in [0.15, 0.2) is 18.2 Å². The van der Waals surface area contributed by atoms with Crippen LogP contribution in [0.3, 0.4) is 0 Å². The molecule has 1 saturated heterocycles. The summed E-state index contributed by atoms with van der Waals surface area (Å²) in [5.74, 6) is 0.358. The van der Waals surface area contributed by atoms with E-state index in [0.717, 1.165) is 37.4 Å². The minimum Gasteiger partial charge on any atom is -0.386 e. The van der Waals surface area contributed by atoms with Crippen molar-refractivity contribution in [3.05, 3.63) is 23.8 Å². The summed E-state index contributed by atoms with van der Waals surface area (Å²) in [6.07, 6.45) is 0.535. The molecule has 0 radical (unpaired) electrons. The monoisotopic (exact) mass is 319 g/mol. The number of hydrogen-bond donors (Lipinski definition) is 2. The molecule has 128 valence electrons. The number of likely N-dealkylation sites (N-methyl/N-ethyl adjacent to an activating group) is 1. The van der Waals surface area contributed by atoms with Gasteiger partial charge in [-0.05, 0) is 24.6 Å². The molecule has 0 spiro atoms. The molecule has 2 aliphatic heterocycles. The molecule has 0 aliphatic carbocycles. The van der Waals surface area contributed by atoms with E-state index in [0.29, 0.717) is 12.2 Å². The molecular weight excluding hydrogens is 290 g/mol. The quantitative estimate of drug-likeness (QED) is 0.834. The first-order chi connectivity index (χ1) is 11.2. The number of para-hydroxylation sites is 1. The second-order valence-electron chi connectivity index (χ2n) is 5.81. The smallest absolute Gasteiger partial charge is 0.184 e. The van der Waals surface area contributed by atoms with Crippen LogP contribution >= 0.6 is 0 Å². The number of fused-ring (bicyclic) bond motifs is 3. The summed E-state index contributed by atoms with van der Waals surface area (Å²) in [5.41, 5.74) is 3.21. The van der Waals surface area contributed by atoms with Crippen molar-refractivity contribution in [2.24, 2.45) is 0 Å². The van der Waals surface area contributed by atoms with E-state index in [-0.39, 0.29) is 6.04 Å². The summed E-state index contributed by atoms with van der Waals surface area (Å²) < 4.78 is 0. The zero-order valence-electron chi connectivity index (χ0n) is 14.6. The lowest BCUT2D eigenvalue weighted by Gasteiger charge is -2.39. The van der Waals surface area contributed by atoms with E-state index in [1.165, 1.54) is 5.56 Å². The summed E-state index contributed by atoms with van der Waals surface area (Å²) >= 11 is 0. The van der Waals surface area contributed by atoms with Crippen molar-refractivity contribution < 1.29 is 9.90 Å². The van der Waals surface area contributed by atoms with Crippen LogP contribution in [0, 0.1) is 0 Å². The van der Waals surface area contributed by atoms with E-state index < -0.39 is 6.23 Å². The fraction of sp³-hybridized carbons (Fsp3) is 0.611. The van der Waals surface area contributed by atoms with Crippen LogP contribution in [0.25, 0.3) is 0 Å². The van der Waals surface area contributed by atoms with Crippen molar-refractivity contribution in [1.29, 1.82) is 0 Å². The number of benzene rings is 1. The number of anilines is 2. The van der Waals surface area contributed by atoms with Crippen molar-refractivity contribution in [3.8, 4) is 0 Å². The van der Waals surface area contributed by atoms with Gasteiger partial charge in [-0.1, -0.05) is 32.9 Å². The van der Waals surface area contributed by atoms with Crippen molar-refractivity contribution in [3.63, 3.8) is 0 Å². The molecule has 3 unspecified atom stereocenters. The fourth-order valence-electron chi connectivity index (χ4n) is 3.84. The van der Waals surface area contributed by atoms with Gasteiger partial charge in [-0.25, -0.2) is 0 Å². The highest BCUT2D eigenvalue weighted by molar-refractivity contribution is 5.81. The van der Waals surface area contributed by atoms with Gasteiger partial charge in [0.15, 0.2) is 12.5 Å². The van der Waals surface area contributed by atoms with Gasteiger partial charge in [-0.3, -0.25) is 4.79 Å². The van der Waals surface area contributed by atoms with Gasteiger partial charge in [-0.15, -0.1) is 0 Å². The van der Waals surface area contributed by atoms with Crippen LogP contribution in [-0.4, -0.2) is 55.2 Å². The predicted octanol–water partition coefficient (Wildman–Crippen LogP) is 2.27. The SMILES string of the molecule is CC.CCN1CCC2C(C1)c1cccc(NC)c1N2C(O)C=O. The van der Waals surface area contributed by atoms with Crippen molar-refractivity contribution in [1.82, 2.24) is 4.90 Å². The summed E-state index contributed by atoms with van der Waals surface area (Å²) in [6, 6.07) is 6.38. The van der Waals surface area contributed by atoms with Crippen LogP contribution in [0.4, 0.5) is 11.4 Å². The number of aldehydes is 1. The number of rotatable bonds is 4. The number of piperidine rings is 1. The molecule has 0 amide bonds. The van der Waals surface area contributed by atoms with Gasteiger partial charge in [0.2, 0.25) is 0 Å². The molecule has 0 bridgehead atoms. The summed E-state index contributed by atoms with van der Waals surface area (Å²) in [5, 5.41) is 13.4. The normalized spacial score (nSPS) is 24.1. The summed E-state index contributed by atoms with van der Waals surface area (Å²) in [7, 11) is 1.88. The largest absolute Gasteiger partial charge is 0.386 e. The Morgan fingerprint density at radius 2 is 2.17 bits per heavy atom. The highest BCUT2D eigenvalue weighted by Crippen LogP contribution is 2.48. The number of nitrogens with one attached hydrogen (secondary N) is 1.